The summed E-state index contributed by atoms with van der Waals surface area (Å²) >= 11 is 0. The fourth-order valence-electron chi connectivity index (χ4n) is 1.73. The maximum absolute atomic E-state index is 12.0. The van der Waals surface area contributed by atoms with Gasteiger partial charge in [0.05, 0.1) is 0 Å². The van der Waals surface area contributed by atoms with Crippen molar-refractivity contribution in [3.8, 4) is 5.75 Å². The average Bonchev–Trinajstić information content (AvgIpc) is 2.27. The molecule has 1 aliphatic rings. The smallest absolute Gasteiger partial charge is 0.406 e. The van der Waals surface area contributed by atoms with Crippen molar-refractivity contribution in [2.45, 2.75) is 12.0 Å². The minimum absolute atomic E-state index is 0.303. The minimum atomic E-state index is -4.71. The molecule has 1 aromatic rings. The Hall–Kier alpha value is -2.15. The van der Waals surface area contributed by atoms with Crippen LogP contribution in [-0.2, 0) is 5.66 Å². The van der Waals surface area contributed by atoms with Crippen LogP contribution in [0.2, 0.25) is 0 Å². The highest BCUT2D eigenvalue weighted by Crippen LogP contribution is 2.26. The molecule has 1 heterocycles. The average molecular weight is 271 g/mol. The van der Waals surface area contributed by atoms with E-state index in [0.717, 1.165) is 0 Å². The Labute approximate surface area is 107 Å². The molecule has 0 bridgehead atoms. The van der Waals surface area contributed by atoms with Crippen molar-refractivity contribution in [3.05, 3.63) is 53.9 Å². The molecule has 0 aliphatic carbocycles. The number of halogens is 3. The van der Waals surface area contributed by atoms with Gasteiger partial charge in [-0.05, 0) is 29.8 Å². The van der Waals surface area contributed by atoms with E-state index < -0.39 is 12.0 Å². The summed E-state index contributed by atoms with van der Waals surface area (Å²) in [4.78, 5) is 0. The second-order valence-electron chi connectivity index (χ2n) is 4.06. The molecule has 1 aliphatic heterocycles. The van der Waals surface area contributed by atoms with E-state index >= 15 is 0 Å². The molecule has 102 valence electrons. The zero-order valence-corrected chi connectivity index (χ0v) is 9.74. The monoisotopic (exact) mass is 271 g/mol. The van der Waals surface area contributed by atoms with Crippen LogP contribution in [0.1, 0.15) is 5.56 Å². The summed E-state index contributed by atoms with van der Waals surface area (Å²) in [5.41, 5.74) is 11.7. The molecule has 1 aromatic carbocycles. The predicted molar refractivity (Wildman–Crippen MR) is 63.5 cm³/mol. The summed E-state index contributed by atoms with van der Waals surface area (Å²) in [6.07, 6.45) is 0.0758. The van der Waals surface area contributed by atoms with Gasteiger partial charge in [-0.3, -0.25) is 0 Å². The minimum Gasteiger partial charge on any atom is -0.406 e. The molecule has 1 atom stereocenters. The SMILES string of the molecule is NC1=CC(N)(c2ccc(OC(F)(F)F)cc2)NC=C1. The zero-order chi connectivity index (χ0) is 14.1. The van der Waals surface area contributed by atoms with Crippen LogP contribution in [0, 0.1) is 0 Å². The number of alkyl halides is 3. The maximum Gasteiger partial charge on any atom is 0.573 e. The van der Waals surface area contributed by atoms with E-state index in [0.29, 0.717) is 11.3 Å². The fraction of sp³-hybridized carbons (Fsp3) is 0.167. The Balaban J connectivity index is 2.21. The summed E-state index contributed by atoms with van der Waals surface area (Å²) in [5, 5.41) is 2.89. The van der Waals surface area contributed by atoms with Crippen molar-refractivity contribution in [1.82, 2.24) is 5.32 Å². The molecule has 4 nitrogen and oxygen atoms in total. The molecule has 1 unspecified atom stereocenters. The third kappa shape index (κ3) is 3.19. The van der Waals surface area contributed by atoms with E-state index in [2.05, 4.69) is 10.1 Å². The lowest BCUT2D eigenvalue weighted by atomic mass is 9.97. The molecule has 7 heteroatoms. The number of allylic oxidation sites excluding steroid dienone is 1. The third-order valence-corrected chi connectivity index (χ3v) is 2.56. The predicted octanol–water partition coefficient (Wildman–Crippen LogP) is 1.66. The number of hydrogen-bond acceptors (Lipinski definition) is 4. The van der Waals surface area contributed by atoms with Gasteiger partial charge in [0.25, 0.3) is 0 Å². The highest BCUT2D eigenvalue weighted by Gasteiger charge is 2.31. The Bertz CT molecular complexity index is 522. The van der Waals surface area contributed by atoms with Gasteiger partial charge in [0.2, 0.25) is 0 Å². The summed E-state index contributed by atoms with van der Waals surface area (Å²) in [6, 6.07) is 5.27. The second-order valence-corrected chi connectivity index (χ2v) is 4.06. The second kappa shape index (κ2) is 4.51. The van der Waals surface area contributed by atoms with Crippen LogP contribution in [0.4, 0.5) is 13.2 Å². The molecule has 0 saturated heterocycles. The molecule has 0 amide bonds. The van der Waals surface area contributed by atoms with Gasteiger partial charge in [-0.2, -0.15) is 0 Å². The number of dihydropyridines is 1. The maximum atomic E-state index is 12.0. The third-order valence-electron chi connectivity index (χ3n) is 2.56. The Kier molecular flexibility index (Phi) is 3.15. The van der Waals surface area contributed by atoms with E-state index in [-0.39, 0.29) is 5.75 Å². The van der Waals surface area contributed by atoms with Gasteiger partial charge in [-0.25, -0.2) is 0 Å². The van der Waals surface area contributed by atoms with Crippen LogP contribution >= 0.6 is 0 Å². The molecule has 0 spiro atoms. The van der Waals surface area contributed by atoms with E-state index in [1.807, 2.05) is 0 Å². The van der Waals surface area contributed by atoms with Gasteiger partial charge in [-0.15, -0.1) is 13.2 Å². The van der Waals surface area contributed by atoms with E-state index in [1.165, 1.54) is 24.3 Å². The van der Waals surface area contributed by atoms with Crippen molar-refractivity contribution in [2.75, 3.05) is 0 Å². The Morgan fingerprint density at radius 2 is 1.79 bits per heavy atom. The molecular formula is C12H12F3N3O. The van der Waals surface area contributed by atoms with Crippen molar-refractivity contribution >= 4 is 0 Å². The topological polar surface area (TPSA) is 73.3 Å². The highest BCUT2D eigenvalue weighted by molar-refractivity contribution is 5.38. The van der Waals surface area contributed by atoms with Crippen LogP contribution in [0.5, 0.6) is 5.75 Å². The van der Waals surface area contributed by atoms with Gasteiger partial charge in [0, 0.05) is 11.9 Å². The first-order valence-electron chi connectivity index (χ1n) is 5.36. The molecule has 0 aromatic heterocycles. The lowest BCUT2D eigenvalue weighted by Crippen LogP contribution is -2.48. The van der Waals surface area contributed by atoms with Crippen LogP contribution in [0.15, 0.2) is 48.3 Å². The van der Waals surface area contributed by atoms with Crippen LogP contribution < -0.4 is 21.5 Å². The van der Waals surface area contributed by atoms with Gasteiger partial charge >= 0.3 is 6.36 Å². The molecule has 5 N–H and O–H groups in total. The standard InChI is InChI=1S/C12H12F3N3O/c13-12(14,15)19-10-3-1-8(2-4-10)11(17)7-9(16)5-6-18-11/h1-7,18H,16-17H2. The number of nitrogens with one attached hydrogen (secondary N) is 1. The van der Waals surface area contributed by atoms with Crippen LogP contribution in [0.25, 0.3) is 0 Å². The van der Waals surface area contributed by atoms with Crippen molar-refractivity contribution < 1.29 is 17.9 Å². The number of nitrogens with two attached hydrogens (primary N) is 2. The normalized spacial score (nSPS) is 22.6. The first kappa shape index (κ1) is 13.3. The zero-order valence-electron chi connectivity index (χ0n) is 9.74. The van der Waals surface area contributed by atoms with E-state index in [1.54, 1.807) is 18.4 Å². The van der Waals surface area contributed by atoms with Crippen molar-refractivity contribution in [1.29, 1.82) is 0 Å². The van der Waals surface area contributed by atoms with E-state index in [9.17, 15) is 13.2 Å². The first-order valence-corrected chi connectivity index (χ1v) is 5.36. The lowest BCUT2D eigenvalue weighted by Gasteiger charge is -2.30. The van der Waals surface area contributed by atoms with Gasteiger partial charge in [0.1, 0.15) is 11.4 Å². The quantitative estimate of drug-likeness (QED) is 0.764. The van der Waals surface area contributed by atoms with Crippen LogP contribution in [-0.4, -0.2) is 6.36 Å². The molecule has 0 saturated carbocycles. The summed E-state index contributed by atoms with van der Waals surface area (Å²) in [5.74, 6) is -0.303. The molecule has 19 heavy (non-hydrogen) atoms. The Morgan fingerprint density at radius 1 is 1.16 bits per heavy atom. The van der Waals surface area contributed by atoms with E-state index in [4.69, 9.17) is 11.5 Å². The van der Waals surface area contributed by atoms with Gasteiger partial charge in [-0.1, -0.05) is 12.1 Å². The number of benzene rings is 1. The number of hydrogen-bond donors (Lipinski definition) is 3. The largest absolute Gasteiger partial charge is 0.573 e. The molecular weight excluding hydrogens is 259 g/mol. The van der Waals surface area contributed by atoms with Crippen molar-refractivity contribution in [2.24, 2.45) is 11.5 Å². The summed E-state index contributed by atoms with van der Waals surface area (Å²) < 4.78 is 39.9. The highest BCUT2D eigenvalue weighted by atomic mass is 19.4. The molecule has 0 fully saturated rings. The molecule has 2 rings (SSSR count). The number of ether oxygens (including phenoxy) is 1. The summed E-state index contributed by atoms with van der Waals surface area (Å²) in [7, 11) is 0. The van der Waals surface area contributed by atoms with Crippen molar-refractivity contribution in [3.63, 3.8) is 0 Å². The summed E-state index contributed by atoms with van der Waals surface area (Å²) in [6.45, 7) is 0. The van der Waals surface area contributed by atoms with Crippen LogP contribution in [0.3, 0.4) is 0 Å². The van der Waals surface area contributed by atoms with Gasteiger partial charge in [0.15, 0.2) is 0 Å². The molecule has 0 radical (unpaired) electrons. The first-order chi connectivity index (χ1) is 8.78. The fourth-order valence-corrected chi connectivity index (χ4v) is 1.73. The number of rotatable bonds is 2. The Morgan fingerprint density at radius 3 is 2.32 bits per heavy atom. The lowest BCUT2D eigenvalue weighted by molar-refractivity contribution is -0.274. The van der Waals surface area contributed by atoms with Gasteiger partial charge < -0.3 is 21.5 Å².